The zero-order valence-electron chi connectivity index (χ0n) is 18.6. The van der Waals surface area contributed by atoms with Gasteiger partial charge in [0, 0.05) is 26.4 Å². The Morgan fingerprint density at radius 2 is 1.87 bits per heavy atom. The van der Waals surface area contributed by atoms with E-state index in [-0.39, 0.29) is 30.0 Å². The number of furan rings is 1. The van der Waals surface area contributed by atoms with Gasteiger partial charge in [-0.1, -0.05) is 12.1 Å². The first-order valence-electron chi connectivity index (χ1n) is 10.3. The molecular weight excluding hydrogens is 527 g/mol. The number of nitrogens with zero attached hydrogens (tertiary/aromatic N) is 2. The normalized spacial score (nSPS) is 16.1. The molecule has 172 valence electrons. The van der Waals surface area contributed by atoms with Gasteiger partial charge in [0.1, 0.15) is 11.5 Å². The van der Waals surface area contributed by atoms with Crippen LogP contribution >= 0.6 is 24.0 Å². The molecule has 0 amide bonds. The van der Waals surface area contributed by atoms with Crippen molar-refractivity contribution >= 4 is 39.8 Å². The van der Waals surface area contributed by atoms with Gasteiger partial charge >= 0.3 is 0 Å². The topological polar surface area (TPSA) is 86.9 Å². The Labute approximate surface area is 202 Å². The summed E-state index contributed by atoms with van der Waals surface area (Å²) in [5.41, 5.74) is 1.75. The minimum absolute atomic E-state index is 0. The maximum Gasteiger partial charge on any atom is 0.191 e. The van der Waals surface area contributed by atoms with Crippen molar-refractivity contribution in [2.75, 3.05) is 32.9 Å². The summed E-state index contributed by atoms with van der Waals surface area (Å²) in [6.45, 7) is 7.18. The molecule has 7 nitrogen and oxygen atoms in total. The van der Waals surface area contributed by atoms with Gasteiger partial charge < -0.3 is 15.1 Å². The second kappa shape index (κ2) is 11.3. The van der Waals surface area contributed by atoms with E-state index in [0.717, 1.165) is 35.7 Å². The quantitative estimate of drug-likeness (QED) is 0.307. The Morgan fingerprint density at radius 3 is 2.42 bits per heavy atom. The van der Waals surface area contributed by atoms with E-state index in [4.69, 9.17) is 4.42 Å². The van der Waals surface area contributed by atoms with Crippen LogP contribution in [-0.2, 0) is 16.4 Å². The third-order valence-corrected chi connectivity index (χ3v) is 6.71. The molecule has 9 heteroatoms. The molecule has 1 aromatic heterocycles. The number of benzene rings is 1. The number of sulfone groups is 1. The molecule has 0 bridgehead atoms. The fraction of sp³-hybridized carbons (Fsp3) is 0.500. The minimum atomic E-state index is -3.21. The van der Waals surface area contributed by atoms with E-state index in [1.807, 2.05) is 32.0 Å². The molecule has 3 rings (SSSR count). The van der Waals surface area contributed by atoms with Crippen molar-refractivity contribution in [2.45, 2.75) is 44.2 Å². The molecule has 0 spiro atoms. The summed E-state index contributed by atoms with van der Waals surface area (Å²) >= 11 is 0. The Bertz CT molecular complexity index is 998. The van der Waals surface area contributed by atoms with Crippen LogP contribution in [0, 0.1) is 13.8 Å². The molecule has 1 aliphatic rings. The van der Waals surface area contributed by atoms with Crippen molar-refractivity contribution < 1.29 is 12.8 Å². The van der Waals surface area contributed by atoms with Crippen LogP contribution < -0.4 is 10.6 Å². The van der Waals surface area contributed by atoms with Crippen LogP contribution in [0.15, 0.2) is 44.6 Å². The molecule has 0 aliphatic carbocycles. The van der Waals surface area contributed by atoms with E-state index in [2.05, 4.69) is 26.6 Å². The predicted octanol–water partition coefficient (Wildman–Crippen LogP) is 3.42. The molecule has 1 unspecified atom stereocenters. The van der Waals surface area contributed by atoms with E-state index in [1.165, 1.54) is 19.1 Å². The maximum atomic E-state index is 11.8. The van der Waals surface area contributed by atoms with Crippen LogP contribution in [0.25, 0.3) is 0 Å². The standard InChI is InChI=1S/C22H32N4O3S.HI/c1-16-13-18(8-10-21(16)30(4,27)28)14-24-22(23-3)25-15-19(26-11-5-6-12-26)20-9-7-17(2)29-20;/h7-10,13,19H,5-6,11-12,14-15H2,1-4H3,(H2,23,24,25);1H. The van der Waals surface area contributed by atoms with Crippen LogP contribution in [0.1, 0.15) is 41.5 Å². The summed E-state index contributed by atoms with van der Waals surface area (Å²) in [6, 6.07) is 9.63. The highest BCUT2D eigenvalue weighted by molar-refractivity contribution is 14.0. The van der Waals surface area contributed by atoms with E-state index in [0.29, 0.717) is 23.9 Å². The van der Waals surface area contributed by atoms with Gasteiger partial charge in [-0.25, -0.2) is 8.42 Å². The van der Waals surface area contributed by atoms with Crippen LogP contribution in [0.2, 0.25) is 0 Å². The number of guanidine groups is 1. The maximum absolute atomic E-state index is 11.8. The van der Waals surface area contributed by atoms with Crippen LogP contribution in [-0.4, -0.2) is 52.2 Å². The van der Waals surface area contributed by atoms with Crippen molar-refractivity contribution in [2.24, 2.45) is 4.99 Å². The highest BCUT2D eigenvalue weighted by Gasteiger charge is 2.26. The second-order valence-electron chi connectivity index (χ2n) is 7.89. The van der Waals surface area contributed by atoms with E-state index in [1.54, 1.807) is 13.1 Å². The van der Waals surface area contributed by atoms with Gasteiger partial charge in [-0.2, -0.15) is 0 Å². The summed E-state index contributed by atoms with van der Waals surface area (Å²) in [6.07, 6.45) is 3.66. The summed E-state index contributed by atoms with van der Waals surface area (Å²) in [5, 5.41) is 6.73. The van der Waals surface area contributed by atoms with Gasteiger partial charge in [0.25, 0.3) is 0 Å². The summed E-state index contributed by atoms with van der Waals surface area (Å²) in [5.74, 6) is 2.60. The molecule has 1 aromatic carbocycles. The Hall–Kier alpha value is -1.59. The third kappa shape index (κ3) is 6.95. The number of rotatable bonds is 7. The molecule has 2 N–H and O–H groups in total. The first-order chi connectivity index (χ1) is 14.3. The van der Waals surface area contributed by atoms with Gasteiger partial charge in [0.05, 0.1) is 10.9 Å². The molecule has 2 heterocycles. The molecule has 31 heavy (non-hydrogen) atoms. The van der Waals surface area contributed by atoms with Crippen molar-refractivity contribution in [1.29, 1.82) is 0 Å². The van der Waals surface area contributed by atoms with Crippen LogP contribution in [0.4, 0.5) is 0 Å². The fourth-order valence-electron chi connectivity index (χ4n) is 3.93. The van der Waals surface area contributed by atoms with Gasteiger partial charge in [0.2, 0.25) is 0 Å². The SMILES string of the molecule is CN=C(NCc1ccc(S(C)(=O)=O)c(C)c1)NCC(c1ccc(C)o1)N1CCCC1.I. The molecule has 0 radical (unpaired) electrons. The monoisotopic (exact) mass is 560 g/mol. The summed E-state index contributed by atoms with van der Waals surface area (Å²) < 4.78 is 29.5. The number of aliphatic imine (C=N–C) groups is 1. The Morgan fingerprint density at radius 1 is 1.16 bits per heavy atom. The van der Waals surface area contributed by atoms with E-state index in [9.17, 15) is 8.42 Å². The smallest absolute Gasteiger partial charge is 0.191 e. The predicted molar refractivity (Wildman–Crippen MR) is 135 cm³/mol. The van der Waals surface area contributed by atoms with E-state index < -0.39 is 9.84 Å². The Kier molecular flexibility index (Phi) is 9.38. The lowest BCUT2D eigenvalue weighted by Crippen LogP contribution is -2.42. The van der Waals surface area contributed by atoms with Crippen molar-refractivity contribution in [1.82, 2.24) is 15.5 Å². The molecule has 1 aliphatic heterocycles. The second-order valence-corrected chi connectivity index (χ2v) is 9.87. The average molecular weight is 561 g/mol. The highest BCUT2D eigenvalue weighted by atomic mass is 127. The van der Waals surface area contributed by atoms with Gasteiger partial charge in [-0.05, 0) is 69.1 Å². The largest absolute Gasteiger partial charge is 0.465 e. The third-order valence-electron chi connectivity index (χ3n) is 5.46. The zero-order chi connectivity index (χ0) is 21.7. The first-order valence-corrected chi connectivity index (χ1v) is 12.2. The van der Waals surface area contributed by atoms with Crippen LogP contribution in [0.3, 0.4) is 0 Å². The van der Waals surface area contributed by atoms with Crippen molar-refractivity contribution in [3.8, 4) is 0 Å². The summed E-state index contributed by atoms with van der Waals surface area (Å²) in [7, 11) is -1.46. The number of likely N-dealkylation sites (tertiary alicyclic amines) is 1. The van der Waals surface area contributed by atoms with Gasteiger partial charge in [-0.15, -0.1) is 24.0 Å². The number of halogens is 1. The Balaban J connectivity index is 0.00000341. The lowest BCUT2D eigenvalue weighted by molar-refractivity contribution is 0.213. The van der Waals surface area contributed by atoms with Crippen molar-refractivity contribution in [3.63, 3.8) is 0 Å². The lowest BCUT2D eigenvalue weighted by atomic mass is 10.1. The summed E-state index contributed by atoms with van der Waals surface area (Å²) in [4.78, 5) is 7.15. The molecule has 2 aromatic rings. The lowest BCUT2D eigenvalue weighted by Gasteiger charge is -2.26. The van der Waals surface area contributed by atoms with Gasteiger partial charge in [0.15, 0.2) is 15.8 Å². The highest BCUT2D eigenvalue weighted by Crippen LogP contribution is 2.26. The number of aryl methyl sites for hydroxylation is 2. The van der Waals surface area contributed by atoms with Crippen molar-refractivity contribution in [3.05, 3.63) is 53.0 Å². The molecule has 1 fully saturated rings. The molecule has 1 saturated heterocycles. The number of nitrogens with one attached hydrogen (secondary N) is 2. The minimum Gasteiger partial charge on any atom is -0.465 e. The van der Waals surface area contributed by atoms with Gasteiger partial charge in [-0.3, -0.25) is 9.89 Å². The zero-order valence-corrected chi connectivity index (χ0v) is 21.8. The average Bonchev–Trinajstić information content (AvgIpc) is 3.36. The number of hydrogen-bond donors (Lipinski definition) is 2. The first kappa shape index (κ1) is 25.7. The fourth-order valence-corrected chi connectivity index (χ4v) is 4.89. The van der Waals surface area contributed by atoms with E-state index >= 15 is 0 Å². The molecular formula is C22H33IN4O3S. The molecule has 1 atom stereocenters. The van der Waals surface area contributed by atoms with Crippen LogP contribution in [0.5, 0.6) is 0 Å². The number of hydrogen-bond acceptors (Lipinski definition) is 5. The molecule has 0 saturated carbocycles.